The number of aromatic nitrogens is 2. The number of rotatable bonds is 6. The van der Waals surface area contributed by atoms with Crippen LogP contribution in [0.1, 0.15) is 45.5 Å². The van der Waals surface area contributed by atoms with Gasteiger partial charge in [-0.25, -0.2) is 4.98 Å². The van der Waals surface area contributed by atoms with Gasteiger partial charge in [0.25, 0.3) is 0 Å². The van der Waals surface area contributed by atoms with Crippen LogP contribution in [0.5, 0.6) is 0 Å². The number of imidazole rings is 1. The molecule has 1 amide bonds. The van der Waals surface area contributed by atoms with Crippen LogP contribution in [0, 0.1) is 5.92 Å². The summed E-state index contributed by atoms with van der Waals surface area (Å²) in [5.74, 6) is 1.12. The Labute approximate surface area is 149 Å². The molecule has 0 bridgehead atoms. The smallest absolute Gasteiger partial charge is 0.237 e. The molecule has 1 heterocycles. The van der Waals surface area contributed by atoms with E-state index >= 15 is 0 Å². The number of aromatic amines is 1. The summed E-state index contributed by atoms with van der Waals surface area (Å²) in [6, 6.07) is 7.26. The Morgan fingerprint density at radius 2 is 1.96 bits per heavy atom. The van der Waals surface area contributed by atoms with Gasteiger partial charge in [0.15, 0.2) is 0 Å². The van der Waals surface area contributed by atoms with E-state index in [1.54, 1.807) is 0 Å². The third-order valence-corrected chi connectivity index (χ3v) is 3.54. The Balaban J connectivity index is 0.00000242. The number of hydrogen-bond donors (Lipinski definition) is 3. The minimum atomic E-state index is -0.468. The standard InChI is InChI=1S/C16H24N4O.2ClH/c1-4-11(17)16(21)20-14(9-10(2)3)15-18-12-7-5-6-8-13(12)19-15;;/h5-8,10-11,14H,4,9,17H2,1-3H3,(H,18,19)(H,20,21);2*1H/t11-,14?;;/m0../s1. The molecule has 0 aliphatic rings. The largest absolute Gasteiger partial charge is 0.345 e. The fourth-order valence-electron chi connectivity index (χ4n) is 2.31. The number of benzene rings is 1. The lowest BCUT2D eigenvalue weighted by Crippen LogP contribution is -2.42. The second kappa shape index (κ2) is 9.75. The lowest BCUT2D eigenvalue weighted by atomic mass is 10.0. The molecule has 2 aromatic rings. The molecule has 0 aliphatic carbocycles. The van der Waals surface area contributed by atoms with E-state index in [0.717, 1.165) is 23.3 Å². The van der Waals surface area contributed by atoms with Crippen LogP contribution in [0.3, 0.4) is 0 Å². The zero-order valence-electron chi connectivity index (χ0n) is 13.7. The van der Waals surface area contributed by atoms with Gasteiger partial charge < -0.3 is 16.0 Å². The summed E-state index contributed by atoms with van der Waals surface area (Å²) >= 11 is 0. The first-order valence-electron chi connectivity index (χ1n) is 7.51. The van der Waals surface area contributed by atoms with Gasteiger partial charge in [-0.2, -0.15) is 0 Å². The van der Waals surface area contributed by atoms with Gasteiger partial charge in [-0.05, 0) is 30.9 Å². The summed E-state index contributed by atoms with van der Waals surface area (Å²) < 4.78 is 0. The van der Waals surface area contributed by atoms with Crippen LogP contribution in [-0.4, -0.2) is 21.9 Å². The van der Waals surface area contributed by atoms with Crippen molar-refractivity contribution in [2.24, 2.45) is 11.7 Å². The lowest BCUT2D eigenvalue weighted by Gasteiger charge is -2.20. The fourth-order valence-corrected chi connectivity index (χ4v) is 2.31. The summed E-state index contributed by atoms with van der Waals surface area (Å²) in [5, 5.41) is 3.02. The van der Waals surface area contributed by atoms with Crippen molar-refractivity contribution in [3.63, 3.8) is 0 Å². The highest BCUT2D eigenvalue weighted by Crippen LogP contribution is 2.22. The number of nitrogens with two attached hydrogens (primary N) is 1. The van der Waals surface area contributed by atoms with E-state index in [1.807, 2.05) is 31.2 Å². The van der Waals surface area contributed by atoms with Crippen molar-refractivity contribution in [1.29, 1.82) is 0 Å². The number of nitrogens with zero attached hydrogens (tertiary/aromatic N) is 1. The Bertz CT molecular complexity index is 582. The second-order valence-electron chi connectivity index (χ2n) is 5.84. The van der Waals surface area contributed by atoms with Crippen molar-refractivity contribution in [2.75, 3.05) is 0 Å². The van der Waals surface area contributed by atoms with Gasteiger partial charge in [0.1, 0.15) is 5.82 Å². The molecule has 0 fully saturated rings. The van der Waals surface area contributed by atoms with Crippen LogP contribution in [0.4, 0.5) is 0 Å². The summed E-state index contributed by atoms with van der Waals surface area (Å²) in [6.45, 7) is 6.16. The summed E-state index contributed by atoms with van der Waals surface area (Å²) in [5.41, 5.74) is 7.70. The maximum atomic E-state index is 12.1. The van der Waals surface area contributed by atoms with E-state index in [-0.39, 0.29) is 36.8 Å². The van der Waals surface area contributed by atoms with Gasteiger partial charge in [-0.3, -0.25) is 4.79 Å². The molecule has 0 saturated heterocycles. The molecular weight excluding hydrogens is 335 g/mol. The lowest BCUT2D eigenvalue weighted by molar-refractivity contribution is -0.123. The number of carbonyl (C=O) groups is 1. The topological polar surface area (TPSA) is 83.8 Å². The highest BCUT2D eigenvalue weighted by atomic mass is 35.5. The zero-order valence-corrected chi connectivity index (χ0v) is 15.3. The zero-order chi connectivity index (χ0) is 15.4. The van der Waals surface area contributed by atoms with Crippen molar-refractivity contribution in [1.82, 2.24) is 15.3 Å². The van der Waals surface area contributed by atoms with Crippen molar-refractivity contribution in [3.05, 3.63) is 30.1 Å². The number of carbonyl (C=O) groups excluding carboxylic acids is 1. The number of fused-ring (bicyclic) bond motifs is 1. The van der Waals surface area contributed by atoms with Crippen LogP contribution in [0.2, 0.25) is 0 Å². The molecule has 4 N–H and O–H groups in total. The second-order valence-corrected chi connectivity index (χ2v) is 5.84. The SMILES string of the molecule is CC[C@H](N)C(=O)NC(CC(C)C)c1nc2ccccc2[nH]1.Cl.Cl. The van der Waals surface area contributed by atoms with Gasteiger partial charge in [0.05, 0.1) is 23.1 Å². The van der Waals surface area contributed by atoms with Gasteiger partial charge >= 0.3 is 0 Å². The van der Waals surface area contributed by atoms with E-state index in [1.165, 1.54) is 0 Å². The van der Waals surface area contributed by atoms with Crippen molar-refractivity contribution < 1.29 is 4.79 Å². The predicted molar refractivity (Wildman–Crippen MR) is 99.2 cm³/mol. The highest BCUT2D eigenvalue weighted by Gasteiger charge is 2.22. The van der Waals surface area contributed by atoms with Crippen LogP contribution in [-0.2, 0) is 4.79 Å². The summed E-state index contributed by atoms with van der Waals surface area (Å²) in [7, 11) is 0. The highest BCUT2D eigenvalue weighted by molar-refractivity contribution is 5.85. The number of amides is 1. The maximum absolute atomic E-state index is 12.1. The Kier molecular flexibility index (Phi) is 9.20. The van der Waals surface area contributed by atoms with E-state index < -0.39 is 6.04 Å². The number of nitrogens with one attached hydrogen (secondary N) is 2. The predicted octanol–water partition coefficient (Wildman–Crippen LogP) is 3.35. The number of para-hydroxylation sites is 2. The molecule has 1 unspecified atom stereocenters. The van der Waals surface area contributed by atoms with Crippen molar-refractivity contribution in [3.8, 4) is 0 Å². The molecule has 0 saturated carbocycles. The average molecular weight is 361 g/mol. The van der Waals surface area contributed by atoms with Gasteiger partial charge in [-0.1, -0.05) is 32.9 Å². The van der Waals surface area contributed by atoms with Gasteiger partial charge in [0.2, 0.25) is 5.91 Å². The normalized spacial score (nSPS) is 13.1. The Morgan fingerprint density at radius 3 is 2.52 bits per heavy atom. The first kappa shape index (κ1) is 21.7. The van der Waals surface area contributed by atoms with Crippen LogP contribution in [0.15, 0.2) is 24.3 Å². The summed E-state index contributed by atoms with van der Waals surface area (Å²) in [6.07, 6.45) is 1.45. The third-order valence-electron chi connectivity index (χ3n) is 3.54. The molecule has 0 aliphatic heterocycles. The molecular formula is C16H26Cl2N4O. The maximum Gasteiger partial charge on any atom is 0.237 e. The minimum Gasteiger partial charge on any atom is -0.345 e. The average Bonchev–Trinajstić information content (AvgIpc) is 2.88. The van der Waals surface area contributed by atoms with E-state index in [0.29, 0.717) is 12.3 Å². The van der Waals surface area contributed by atoms with Crippen molar-refractivity contribution >= 4 is 41.8 Å². The number of halogens is 2. The first-order valence-corrected chi connectivity index (χ1v) is 7.51. The molecule has 23 heavy (non-hydrogen) atoms. The molecule has 130 valence electrons. The Hall–Kier alpha value is -1.30. The molecule has 1 aromatic carbocycles. The van der Waals surface area contributed by atoms with Crippen LogP contribution >= 0.6 is 24.8 Å². The van der Waals surface area contributed by atoms with Crippen molar-refractivity contribution in [2.45, 2.75) is 45.7 Å². The first-order chi connectivity index (χ1) is 10.0. The number of H-pyrrole nitrogens is 1. The molecule has 7 heteroatoms. The van der Waals surface area contributed by atoms with Gasteiger partial charge in [-0.15, -0.1) is 24.8 Å². The molecule has 0 spiro atoms. The minimum absolute atomic E-state index is 0. The molecule has 0 radical (unpaired) electrons. The van der Waals surface area contributed by atoms with Crippen LogP contribution < -0.4 is 11.1 Å². The van der Waals surface area contributed by atoms with E-state index in [9.17, 15) is 4.79 Å². The third kappa shape index (κ3) is 5.68. The van der Waals surface area contributed by atoms with Gasteiger partial charge in [0, 0.05) is 0 Å². The molecule has 2 atom stereocenters. The molecule has 5 nitrogen and oxygen atoms in total. The quantitative estimate of drug-likeness (QED) is 0.738. The molecule has 1 aromatic heterocycles. The molecule has 2 rings (SSSR count). The van der Waals surface area contributed by atoms with Crippen LogP contribution in [0.25, 0.3) is 11.0 Å². The summed E-state index contributed by atoms with van der Waals surface area (Å²) in [4.78, 5) is 20.0. The number of hydrogen-bond acceptors (Lipinski definition) is 3. The van der Waals surface area contributed by atoms with E-state index in [2.05, 4.69) is 29.1 Å². The fraction of sp³-hybridized carbons (Fsp3) is 0.500. The van der Waals surface area contributed by atoms with E-state index in [4.69, 9.17) is 5.73 Å². The Morgan fingerprint density at radius 1 is 1.30 bits per heavy atom. The monoisotopic (exact) mass is 360 g/mol.